The Morgan fingerprint density at radius 1 is 1.27 bits per heavy atom. The summed E-state index contributed by atoms with van der Waals surface area (Å²) in [7, 11) is 3.25. The fourth-order valence-corrected chi connectivity index (χ4v) is 2.28. The van der Waals surface area contributed by atoms with Crippen LogP contribution in [-0.4, -0.2) is 30.1 Å². The molecule has 1 N–H and O–H groups in total. The zero-order valence-corrected chi connectivity index (χ0v) is 14.1. The highest BCUT2D eigenvalue weighted by Gasteiger charge is 2.06. The van der Waals surface area contributed by atoms with Gasteiger partial charge in [-0.15, -0.1) is 0 Å². The number of ether oxygens (including phenoxy) is 2. The van der Waals surface area contributed by atoms with E-state index in [-0.39, 0.29) is 5.56 Å². The van der Waals surface area contributed by atoms with Gasteiger partial charge in [0.05, 0.1) is 18.5 Å². The molecule has 0 aliphatic carbocycles. The normalized spacial score (nSPS) is 10.5. The minimum Gasteiger partial charge on any atom is -0.491 e. The van der Waals surface area contributed by atoms with Crippen molar-refractivity contribution < 1.29 is 9.47 Å². The number of nitrogens with zero attached hydrogens (tertiary/aromatic N) is 2. The topological polar surface area (TPSA) is 65.4 Å². The second-order valence-electron chi connectivity index (χ2n) is 4.64. The van der Waals surface area contributed by atoms with Gasteiger partial charge in [-0.3, -0.25) is 4.79 Å². The van der Waals surface area contributed by atoms with Crippen LogP contribution in [0.4, 0.5) is 5.69 Å². The zero-order valence-electron chi connectivity index (χ0n) is 12.5. The minimum absolute atomic E-state index is 0.174. The van der Waals surface area contributed by atoms with Crippen molar-refractivity contribution in [2.45, 2.75) is 6.54 Å². The van der Waals surface area contributed by atoms with E-state index in [0.29, 0.717) is 29.9 Å². The predicted octanol–water partition coefficient (Wildman–Crippen LogP) is 2.18. The molecular weight excluding hydrogens is 350 g/mol. The summed E-state index contributed by atoms with van der Waals surface area (Å²) in [5, 5.41) is 7.17. The Labute approximate surface area is 137 Å². The zero-order chi connectivity index (χ0) is 15.9. The van der Waals surface area contributed by atoms with E-state index in [2.05, 4.69) is 26.3 Å². The van der Waals surface area contributed by atoms with Crippen LogP contribution < -0.4 is 15.6 Å². The number of halogens is 1. The summed E-state index contributed by atoms with van der Waals surface area (Å²) in [6, 6.07) is 7.75. The van der Waals surface area contributed by atoms with Crippen molar-refractivity contribution in [2.75, 3.05) is 25.6 Å². The second kappa shape index (κ2) is 7.95. The second-order valence-corrected chi connectivity index (χ2v) is 5.43. The summed E-state index contributed by atoms with van der Waals surface area (Å²) in [6.07, 6.45) is 1.62. The minimum atomic E-state index is -0.174. The van der Waals surface area contributed by atoms with Crippen LogP contribution in [0, 0.1) is 0 Å². The van der Waals surface area contributed by atoms with Crippen molar-refractivity contribution in [1.82, 2.24) is 9.78 Å². The monoisotopic (exact) mass is 367 g/mol. The first-order valence-corrected chi connectivity index (χ1v) is 7.57. The van der Waals surface area contributed by atoms with E-state index in [9.17, 15) is 4.79 Å². The van der Waals surface area contributed by atoms with Crippen LogP contribution >= 0.6 is 15.9 Å². The maximum absolute atomic E-state index is 11.8. The summed E-state index contributed by atoms with van der Waals surface area (Å²) in [5.74, 6) is 0.803. The fourth-order valence-electron chi connectivity index (χ4n) is 1.78. The first kappa shape index (κ1) is 16.5. The average Bonchev–Trinajstić information content (AvgIpc) is 2.53. The van der Waals surface area contributed by atoms with Crippen molar-refractivity contribution in [3.63, 3.8) is 0 Å². The lowest BCUT2D eigenvalue weighted by atomic mass is 10.2. The molecule has 0 unspecified atom stereocenters. The number of hydrogen-bond donors (Lipinski definition) is 1. The van der Waals surface area contributed by atoms with E-state index >= 15 is 0 Å². The lowest BCUT2D eigenvalue weighted by Crippen LogP contribution is -2.21. The third-order valence-corrected chi connectivity index (χ3v) is 3.81. The third-order valence-electron chi connectivity index (χ3n) is 3.04. The summed E-state index contributed by atoms with van der Waals surface area (Å²) in [4.78, 5) is 11.8. The van der Waals surface area contributed by atoms with Gasteiger partial charge in [0.25, 0.3) is 5.56 Å². The Kier molecular flexibility index (Phi) is 5.97. The summed E-state index contributed by atoms with van der Waals surface area (Å²) in [6.45, 7) is 1.68. The highest BCUT2D eigenvalue weighted by Crippen LogP contribution is 2.18. The number of rotatable bonds is 7. The predicted molar refractivity (Wildman–Crippen MR) is 88.3 cm³/mol. The van der Waals surface area contributed by atoms with Gasteiger partial charge >= 0.3 is 0 Å². The maximum Gasteiger partial charge on any atom is 0.282 e. The largest absolute Gasteiger partial charge is 0.491 e. The Hall–Kier alpha value is -1.86. The van der Waals surface area contributed by atoms with E-state index in [0.717, 1.165) is 11.3 Å². The SMILES string of the molecule is COCCOc1ccc(CNc2cnn(C)c(=O)c2Br)cc1. The number of hydrogen-bond acceptors (Lipinski definition) is 5. The van der Waals surface area contributed by atoms with Crippen LogP contribution in [0.3, 0.4) is 0 Å². The molecule has 0 saturated carbocycles. The maximum atomic E-state index is 11.8. The van der Waals surface area contributed by atoms with Gasteiger partial charge in [0.2, 0.25) is 0 Å². The van der Waals surface area contributed by atoms with Gasteiger partial charge < -0.3 is 14.8 Å². The van der Waals surface area contributed by atoms with Crippen LogP contribution in [0.15, 0.2) is 39.7 Å². The quantitative estimate of drug-likeness (QED) is 0.759. The number of methoxy groups -OCH3 is 1. The molecule has 7 heteroatoms. The van der Waals surface area contributed by atoms with Crippen LogP contribution in [0.2, 0.25) is 0 Å². The lowest BCUT2D eigenvalue weighted by molar-refractivity contribution is 0.146. The molecule has 0 atom stereocenters. The molecule has 2 rings (SSSR count). The van der Waals surface area contributed by atoms with Gasteiger partial charge in [-0.1, -0.05) is 12.1 Å². The number of anilines is 1. The molecule has 0 bridgehead atoms. The molecule has 1 aromatic heterocycles. The van der Waals surface area contributed by atoms with Crippen LogP contribution in [0.5, 0.6) is 5.75 Å². The van der Waals surface area contributed by atoms with Gasteiger partial charge in [0, 0.05) is 20.7 Å². The van der Waals surface area contributed by atoms with Crippen molar-refractivity contribution in [2.24, 2.45) is 7.05 Å². The highest BCUT2D eigenvalue weighted by molar-refractivity contribution is 9.10. The molecule has 6 nitrogen and oxygen atoms in total. The van der Waals surface area contributed by atoms with Gasteiger partial charge in [-0.05, 0) is 33.6 Å². The van der Waals surface area contributed by atoms with E-state index in [1.807, 2.05) is 24.3 Å². The molecule has 2 aromatic rings. The van der Waals surface area contributed by atoms with Crippen LogP contribution in [0.25, 0.3) is 0 Å². The molecule has 0 aliphatic rings. The Morgan fingerprint density at radius 3 is 2.68 bits per heavy atom. The highest BCUT2D eigenvalue weighted by atomic mass is 79.9. The van der Waals surface area contributed by atoms with Crippen molar-refractivity contribution in [3.05, 3.63) is 50.9 Å². The van der Waals surface area contributed by atoms with Gasteiger partial charge in [0.15, 0.2) is 0 Å². The first-order chi connectivity index (χ1) is 10.6. The van der Waals surface area contributed by atoms with Gasteiger partial charge in [-0.2, -0.15) is 5.10 Å². The Bertz CT molecular complexity index is 671. The molecule has 0 saturated heterocycles. The molecule has 1 aromatic carbocycles. The van der Waals surface area contributed by atoms with Crippen LogP contribution in [0.1, 0.15) is 5.56 Å². The van der Waals surface area contributed by atoms with E-state index in [1.165, 1.54) is 4.68 Å². The molecule has 22 heavy (non-hydrogen) atoms. The molecule has 0 aliphatic heterocycles. The van der Waals surface area contributed by atoms with Crippen molar-refractivity contribution >= 4 is 21.6 Å². The summed E-state index contributed by atoms with van der Waals surface area (Å²) < 4.78 is 12.2. The molecular formula is C15H18BrN3O3. The number of aryl methyl sites for hydroxylation is 1. The third kappa shape index (κ3) is 4.32. The lowest BCUT2D eigenvalue weighted by Gasteiger charge is -2.10. The van der Waals surface area contributed by atoms with Crippen molar-refractivity contribution in [1.29, 1.82) is 0 Å². The van der Waals surface area contributed by atoms with Gasteiger partial charge in [-0.25, -0.2) is 4.68 Å². The van der Waals surface area contributed by atoms with Crippen LogP contribution in [-0.2, 0) is 18.3 Å². The Balaban J connectivity index is 1.94. The Morgan fingerprint density at radius 2 is 2.00 bits per heavy atom. The standard InChI is InChI=1S/C15H18BrN3O3/c1-19-15(20)14(16)13(10-18-19)17-9-11-3-5-12(6-4-11)22-8-7-21-2/h3-6,10,17H,7-9H2,1-2H3. The molecule has 0 amide bonds. The summed E-state index contributed by atoms with van der Waals surface area (Å²) in [5.41, 5.74) is 1.57. The molecule has 0 radical (unpaired) electrons. The smallest absolute Gasteiger partial charge is 0.282 e. The number of nitrogens with one attached hydrogen (secondary N) is 1. The first-order valence-electron chi connectivity index (χ1n) is 6.78. The molecule has 1 heterocycles. The average molecular weight is 368 g/mol. The fraction of sp³-hybridized carbons (Fsp3) is 0.333. The molecule has 0 spiro atoms. The number of benzene rings is 1. The molecule has 118 valence electrons. The van der Waals surface area contributed by atoms with E-state index in [1.54, 1.807) is 20.4 Å². The molecule has 0 fully saturated rings. The van der Waals surface area contributed by atoms with E-state index in [4.69, 9.17) is 9.47 Å². The van der Waals surface area contributed by atoms with E-state index < -0.39 is 0 Å². The number of aromatic nitrogens is 2. The van der Waals surface area contributed by atoms with Gasteiger partial charge in [0.1, 0.15) is 16.8 Å². The van der Waals surface area contributed by atoms with Crippen molar-refractivity contribution in [3.8, 4) is 5.75 Å². The summed E-state index contributed by atoms with van der Waals surface area (Å²) >= 11 is 3.28.